The van der Waals surface area contributed by atoms with E-state index in [1.54, 1.807) is 13.0 Å². The highest BCUT2D eigenvalue weighted by Gasteiger charge is 2.39. The Morgan fingerprint density at radius 1 is 1.25 bits per heavy atom. The van der Waals surface area contributed by atoms with Gasteiger partial charge >= 0.3 is 0 Å². The molecule has 3 rings (SSSR count). The summed E-state index contributed by atoms with van der Waals surface area (Å²) in [6.45, 7) is 7.37. The number of aryl methyl sites for hydroxylation is 2. The van der Waals surface area contributed by atoms with Crippen LogP contribution in [0.4, 0.5) is 5.69 Å². The predicted molar refractivity (Wildman–Crippen MR) is 134 cm³/mol. The number of amidine groups is 1. The van der Waals surface area contributed by atoms with Crippen molar-refractivity contribution in [3.63, 3.8) is 0 Å². The summed E-state index contributed by atoms with van der Waals surface area (Å²) >= 11 is 0. The molecule has 0 saturated carbocycles. The average Bonchev–Trinajstić information content (AvgIpc) is 3.21. The van der Waals surface area contributed by atoms with Crippen molar-refractivity contribution in [2.45, 2.75) is 38.6 Å². The van der Waals surface area contributed by atoms with Crippen LogP contribution in [0.25, 0.3) is 0 Å². The van der Waals surface area contributed by atoms with Crippen molar-refractivity contribution < 1.29 is 31.2 Å². The minimum Gasteiger partial charge on any atom is -0.504 e. The number of nitrogens with one attached hydrogen (secondary N) is 2. The van der Waals surface area contributed by atoms with Crippen LogP contribution in [0.5, 0.6) is 5.75 Å². The molecule has 1 aromatic heterocycles. The molecule has 0 spiro atoms. The van der Waals surface area contributed by atoms with E-state index in [4.69, 9.17) is 10.2 Å². The largest absolute Gasteiger partial charge is 0.504 e. The molecular weight excluding hydrogens is 510 g/mol. The van der Waals surface area contributed by atoms with Crippen molar-refractivity contribution in [1.82, 2.24) is 9.03 Å². The lowest BCUT2D eigenvalue weighted by molar-refractivity contribution is -0.113. The van der Waals surface area contributed by atoms with Gasteiger partial charge in [-0.25, -0.2) is 21.1 Å². The highest BCUT2D eigenvalue weighted by molar-refractivity contribution is 7.95. The van der Waals surface area contributed by atoms with Gasteiger partial charge in [0.15, 0.2) is 16.5 Å². The van der Waals surface area contributed by atoms with Crippen LogP contribution in [0, 0.1) is 19.8 Å². The summed E-state index contributed by atoms with van der Waals surface area (Å²) in [5.74, 6) is -1.16. The number of phenolic OH excluding ortho intramolecular Hbond substituents is 1. The molecule has 12 nitrogen and oxygen atoms in total. The Bertz CT molecular complexity index is 1470. The second-order valence-corrected chi connectivity index (χ2v) is 12.5. The SMILES string of the molecule is Cc1cc([C@H](N=C2NS(=O)(=O)C(C(N)=O)=C2Nc2cccc(S(=O)(=O)N(C)C)c2O)C(C)C)oc1C. The van der Waals surface area contributed by atoms with E-state index in [9.17, 15) is 26.7 Å². The minimum absolute atomic E-state index is 0.146. The number of sulfonamides is 2. The number of hydrogen-bond donors (Lipinski definition) is 4. The van der Waals surface area contributed by atoms with Crippen LogP contribution in [0.15, 0.2) is 49.2 Å². The lowest BCUT2D eigenvalue weighted by Gasteiger charge is -2.18. The quantitative estimate of drug-likeness (QED) is 0.365. The lowest BCUT2D eigenvalue weighted by atomic mass is 10.0. The monoisotopic (exact) mass is 539 g/mol. The summed E-state index contributed by atoms with van der Waals surface area (Å²) in [4.78, 5) is 15.5. The van der Waals surface area contributed by atoms with Gasteiger partial charge in [0.1, 0.15) is 28.2 Å². The Morgan fingerprint density at radius 2 is 1.89 bits per heavy atom. The number of nitrogens with two attached hydrogens (primary N) is 1. The summed E-state index contributed by atoms with van der Waals surface area (Å²) in [5.41, 5.74) is 5.77. The number of para-hydroxylation sites is 1. The third-order valence-corrected chi connectivity index (χ3v) is 8.83. The smallest absolute Gasteiger partial charge is 0.270 e. The van der Waals surface area contributed by atoms with Crippen LogP contribution in [-0.4, -0.2) is 52.1 Å². The zero-order chi connectivity index (χ0) is 27.2. The maximum absolute atomic E-state index is 12.8. The van der Waals surface area contributed by atoms with E-state index in [2.05, 4.69) is 15.0 Å². The molecule has 0 fully saturated rings. The number of amides is 1. The molecule has 0 unspecified atom stereocenters. The number of nitrogens with zero attached hydrogens (tertiary/aromatic N) is 2. The number of hydrogen-bond acceptors (Lipinski definition) is 9. The van der Waals surface area contributed by atoms with Crippen LogP contribution >= 0.6 is 0 Å². The van der Waals surface area contributed by atoms with E-state index in [1.165, 1.54) is 32.3 Å². The first-order chi connectivity index (χ1) is 16.6. The van der Waals surface area contributed by atoms with Crippen LogP contribution in [0.2, 0.25) is 0 Å². The van der Waals surface area contributed by atoms with Gasteiger partial charge in [-0.1, -0.05) is 19.9 Å². The van der Waals surface area contributed by atoms with Gasteiger partial charge in [0.05, 0.1) is 5.69 Å². The van der Waals surface area contributed by atoms with Crippen molar-refractivity contribution in [1.29, 1.82) is 0 Å². The number of rotatable bonds is 8. The topological polar surface area (TPSA) is 184 Å². The Morgan fingerprint density at radius 3 is 2.39 bits per heavy atom. The summed E-state index contributed by atoms with van der Waals surface area (Å²) in [5, 5.41) is 13.4. The lowest BCUT2D eigenvalue weighted by Crippen LogP contribution is -2.28. The average molecular weight is 540 g/mol. The fourth-order valence-electron chi connectivity index (χ4n) is 3.52. The van der Waals surface area contributed by atoms with Gasteiger partial charge in [-0.2, -0.15) is 0 Å². The zero-order valence-electron chi connectivity index (χ0n) is 20.6. The van der Waals surface area contributed by atoms with Crippen molar-refractivity contribution in [3.05, 3.63) is 52.0 Å². The highest BCUT2D eigenvalue weighted by atomic mass is 32.2. The molecule has 2 aromatic rings. The summed E-state index contributed by atoms with van der Waals surface area (Å²) in [6.07, 6.45) is 0. The second kappa shape index (κ2) is 9.59. The van der Waals surface area contributed by atoms with Gasteiger partial charge in [0, 0.05) is 14.1 Å². The molecule has 0 aliphatic carbocycles. The number of primary amides is 1. The molecule has 1 atom stereocenters. The number of benzene rings is 1. The van der Waals surface area contributed by atoms with Gasteiger partial charge < -0.3 is 20.6 Å². The van der Waals surface area contributed by atoms with Gasteiger partial charge in [0.2, 0.25) is 10.0 Å². The summed E-state index contributed by atoms with van der Waals surface area (Å²) in [6, 6.07) is 5.00. The second-order valence-electron chi connectivity index (χ2n) is 8.79. The number of anilines is 1. The number of aliphatic imine (C=N–C) groups is 1. The minimum atomic E-state index is -4.40. The highest BCUT2D eigenvalue weighted by Crippen LogP contribution is 2.36. The number of phenols is 1. The van der Waals surface area contributed by atoms with E-state index in [-0.39, 0.29) is 23.1 Å². The zero-order valence-corrected chi connectivity index (χ0v) is 22.3. The third-order valence-electron chi connectivity index (χ3n) is 5.58. The summed E-state index contributed by atoms with van der Waals surface area (Å²) < 4.78 is 59.7. The number of carbonyl (C=O) groups excluding carboxylic acids is 1. The van der Waals surface area contributed by atoms with Gasteiger partial charge in [-0.15, -0.1) is 0 Å². The maximum Gasteiger partial charge on any atom is 0.270 e. The van der Waals surface area contributed by atoms with Gasteiger partial charge in [0.25, 0.3) is 15.9 Å². The fraction of sp³-hybridized carbons (Fsp3) is 0.364. The Kier molecular flexibility index (Phi) is 7.26. The van der Waals surface area contributed by atoms with E-state index < -0.39 is 47.5 Å². The molecule has 196 valence electrons. The van der Waals surface area contributed by atoms with Crippen LogP contribution in [0.1, 0.15) is 37.0 Å². The number of carbonyl (C=O) groups is 1. The first kappa shape index (κ1) is 27.2. The predicted octanol–water partition coefficient (Wildman–Crippen LogP) is 1.69. The first-order valence-corrected chi connectivity index (χ1v) is 13.7. The molecule has 1 aliphatic rings. The van der Waals surface area contributed by atoms with E-state index in [0.29, 0.717) is 11.5 Å². The molecule has 0 saturated heterocycles. The number of aromatic hydroxyl groups is 1. The molecule has 1 aliphatic heterocycles. The molecular formula is C22H29N5O7S2. The van der Waals surface area contributed by atoms with Crippen LogP contribution in [0.3, 0.4) is 0 Å². The summed E-state index contributed by atoms with van der Waals surface area (Å²) in [7, 11) is -5.85. The standard InChI is InChI=1S/C22H29N5O7S2/c1-11(2)17(15-10-12(3)13(4)34-15)25-22-18(20(21(23)29)35(30,31)26-22)24-14-8-7-9-16(19(14)28)36(32,33)27(5)6/h7-11,17,24,28H,1-6H3,(H2,23,29)(H,25,26)/t17-/m1/s1. The molecule has 5 N–H and O–H groups in total. The Labute approximate surface area is 210 Å². The Hall–Kier alpha value is -3.36. The first-order valence-electron chi connectivity index (χ1n) is 10.8. The van der Waals surface area contributed by atoms with Gasteiger partial charge in [-0.3, -0.25) is 14.5 Å². The third kappa shape index (κ3) is 4.96. The molecule has 14 heteroatoms. The maximum atomic E-state index is 12.8. The molecule has 1 aromatic carbocycles. The van der Waals surface area contributed by atoms with Gasteiger partial charge in [-0.05, 0) is 43.5 Å². The fourth-order valence-corrected chi connectivity index (χ4v) is 5.72. The van der Waals surface area contributed by atoms with Crippen molar-refractivity contribution in [2.75, 3.05) is 19.4 Å². The number of furan rings is 1. The van der Waals surface area contributed by atoms with Crippen LogP contribution in [-0.2, 0) is 24.8 Å². The normalized spacial score (nSPS) is 17.6. The van der Waals surface area contributed by atoms with Crippen molar-refractivity contribution in [3.8, 4) is 5.75 Å². The molecule has 36 heavy (non-hydrogen) atoms. The molecule has 2 heterocycles. The van der Waals surface area contributed by atoms with Crippen molar-refractivity contribution >= 4 is 37.5 Å². The van der Waals surface area contributed by atoms with E-state index >= 15 is 0 Å². The van der Waals surface area contributed by atoms with E-state index in [0.717, 1.165) is 9.87 Å². The van der Waals surface area contributed by atoms with Crippen molar-refractivity contribution in [2.24, 2.45) is 16.6 Å². The molecule has 0 radical (unpaired) electrons. The molecule has 0 bridgehead atoms. The van der Waals surface area contributed by atoms with Crippen LogP contribution < -0.4 is 15.8 Å². The Balaban J connectivity index is 2.20. The molecule has 1 amide bonds. The van der Waals surface area contributed by atoms with E-state index in [1.807, 2.05) is 20.8 Å².